The SMILES string of the molecule is OCCCc1nc(Br)ccc1NC(F)(F)F. The molecular formula is C9H10BrF3N2O. The second-order valence-corrected chi connectivity index (χ2v) is 3.89. The Kier molecular flexibility index (Phi) is 4.55. The summed E-state index contributed by atoms with van der Waals surface area (Å²) in [6, 6.07) is 2.73. The van der Waals surface area contributed by atoms with Gasteiger partial charge in [0.25, 0.3) is 0 Å². The van der Waals surface area contributed by atoms with Crippen LogP contribution >= 0.6 is 15.9 Å². The summed E-state index contributed by atoms with van der Waals surface area (Å²) in [7, 11) is 0. The molecule has 0 aliphatic carbocycles. The molecule has 0 aliphatic heterocycles. The van der Waals surface area contributed by atoms with E-state index in [1.807, 2.05) is 0 Å². The number of aromatic nitrogens is 1. The minimum absolute atomic E-state index is 0.0795. The van der Waals surface area contributed by atoms with Crippen molar-refractivity contribution in [3.05, 3.63) is 22.4 Å². The van der Waals surface area contributed by atoms with Crippen molar-refractivity contribution < 1.29 is 18.3 Å². The number of nitrogens with one attached hydrogen (secondary N) is 1. The molecule has 3 nitrogen and oxygen atoms in total. The highest BCUT2D eigenvalue weighted by atomic mass is 79.9. The average molecular weight is 299 g/mol. The van der Waals surface area contributed by atoms with Gasteiger partial charge >= 0.3 is 6.30 Å². The third-order valence-electron chi connectivity index (χ3n) is 1.79. The van der Waals surface area contributed by atoms with Crippen LogP contribution in [0.1, 0.15) is 12.1 Å². The second-order valence-electron chi connectivity index (χ2n) is 3.08. The molecule has 0 unspecified atom stereocenters. The molecule has 7 heteroatoms. The van der Waals surface area contributed by atoms with Crippen LogP contribution in [0.2, 0.25) is 0 Å². The van der Waals surface area contributed by atoms with E-state index >= 15 is 0 Å². The molecule has 0 bridgehead atoms. The van der Waals surface area contributed by atoms with Crippen LogP contribution in [0.4, 0.5) is 18.9 Å². The molecular weight excluding hydrogens is 289 g/mol. The first kappa shape index (κ1) is 13.2. The molecule has 1 heterocycles. The lowest BCUT2D eigenvalue weighted by Crippen LogP contribution is -2.22. The lowest BCUT2D eigenvalue weighted by molar-refractivity contribution is -0.1000. The van der Waals surface area contributed by atoms with E-state index in [1.165, 1.54) is 17.4 Å². The van der Waals surface area contributed by atoms with E-state index in [2.05, 4.69) is 20.9 Å². The number of alkyl halides is 3. The van der Waals surface area contributed by atoms with Gasteiger partial charge in [-0.05, 0) is 40.9 Å². The fourth-order valence-corrected chi connectivity index (χ4v) is 1.52. The van der Waals surface area contributed by atoms with Gasteiger partial charge < -0.3 is 5.11 Å². The predicted octanol–water partition coefficient (Wildman–Crippen LogP) is 2.70. The molecule has 0 spiro atoms. The summed E-state index contributed by atoms with van der Waals surface area (Å²) >= 11 is 3.09. The molecule has 0 saturated heterocycles. The van der Waals surface area contributed by atoms with Crippen LogP contribution in [0.15, 0.2) is 16.7 Å². The summed E-state index contributed by atoms with van der Waals surface area (Å²) in [5, 5.41) is 10.1. The summed E-state index contributed by atoms with van der Waals surface area (Å²) in [4.78, 5) is 3.94. The smallest absolute Gasteiger partial charge is 0.396 e. The summed E-state index contributed by atoms with van der Waals surface area (Å²) in [5.74, 6) is 0. The normalized spacial score (nSPS) is 11.6. The zero-order chi connectivity index (χ0) is 12.2. The number of aryl methyl sites for hydroxylation is 1. The summed E-state index contributed by atoms with van der Waals surface area (Å²) < 4.78 is 36.9. The highest BCUT2D eigenvalue weighted by Gasteiger charge is 2.28. The lowest BCUT2D eigenvalue weighted by Gasteiger charge is -2.13. The molecule has 2 N–H and O–H groups in total. The van der Waals surface area contributed by atoms with Crippen LogP contribution in [0.3, 0.4) is 0 Å². The van der Waals surface area contributed by atoms with Crippen molar-refractivity contribution in [1.29, 1.82) is 0 Å². The highest BCUT2D eigenvalue weighted by molar-refractivity contribution is 9.10. The van der Waals surface area contributed by atoms with E-state index in [1.54, 1.807) is 0 Å². The minimum Gasteiger partial charge on any atom is -0.396 e. The average Bonchev–Trinajstić information content (AvgIpc) is 2.16. The molecule has 0 atom stereocenters. The van der Waals surface area contributed by atoms with Gasteiger partial charge in [-0.25, -0.2) is 4.98 Å². The highest BCUT2D eigenvalue weighted by Crippen LogP contribution is 2.24. The zero-order valence-corrected chi connectivity index (χ0v) is 9.77. The molecule has 0 saturated carbocycles. The number of hydrogen-bond acceptors (Lipinski definition) is 3. The Morgan fingerprint density at radius 1 is 1.38 bits per heavy atom. The van der Waals surface area contributed by atoms with Crippen molar-refractivity contribution in [2.24, 2.45) is 0 Å². The van der Waals surface area contributed by atoms with E-state index in [-0.39, 0.29) is 24.4 Å². The van der Waals surface area contributed by atoms with Crippen LogP contribution in [-0.4, -0.2) is 23.0 Å². The Morgan fingerprint density at radius 2 is 2.06 bits per heavy atom. The number of aliphatic hydroxyl groups excluding tert-OH is 1. The Bertz CT molecular complexity index is 357. The monoisotopic (exact) mass is 298 g/mol. The molecule has 0 radical (unpaired) electrons. The van der Waals surface area contributed by atoms with Gasteiger partial charge in [0.15, 0.2) is 0 Å². The fraction of sp³-hybridized carbons (Fsp3) is 0.444. The van der Waals surface area contributed by atoms with Gasteiger partial charge in [0, 0.05) is 6.61 Å². The summed E-state index contributed by atoms with van der Waals surface area (Å²) in [6.45, 7) is -0.0837. The van der Waals surface area contributed by atoms with Crippen molar-refractivity contribution in [3.8, 4) is 0 Å². The standard InChI is InChI=1S/C9H10BrF3N2O/c10-8-4-3-7(15-9(11,12)13)6(14-8)2-1-5-16/h3-4,15-16H,1-2,5H2. The van der Waals surface area contributed by atoms with Crippen molar-refractivity contribution in [1.82, 2.24) is 4.98 Å². The van der Waals surface area contributed by atoms with Crippen LogP contribution < -0.4 is 5.32 Å². The van der Waals surface area contributed by atoms with Crippen LogP contribution in [0, 0.1) is 0 Å². The maximum absolute atomic E-state index is 12.1. The zero-order valence-electron chi connectivity index (χ0n) is 8.18. The van der Waals surface area contributed by atoms with Gasteiger partial charge in [-0.1, -0.05) is 0 Å². The van der Waals surface area contributed by atoms with E-state index < -0.39 is 6.30 Å². The molecule has 0 amide bonds. The summed E-state index contributed by atoms with van der Waals surface area (Å²) in [6.07, 6.45) is -3.83. The molecule has 0 fully saturated rings. The number of pyridine rings is 1. The Morgan fingerprint density at radius 3 is 2.62 bits per heavy atom. The Hall–Kier alpha value is -0.820. The van der Waals surface area contributed by atoms with E-state index in [4.69, 9.17) is 5.11 Å². The maximum Gasteiger partial charge on any atom is 0.482 e. The molecule has 1 rings (SSSR count). The van der Waals surface area contributed by atoms with Gasteiger partial charge in [0.05, 0.1) is 11.4 Å². The van der Waals surface area contributed by atoms with Crippen molar-refractivity contribution in [2.45, 2.75) is 19.1 Å². The molecule has 0 aliphatic rings. The number of anilines is 1. The van der Waals surface area contributed by atoms with Gasteiger partial charge in [0.2, 0.25) is 0 Å². The molecule has 1 aromatic heterocycles. The van der Waals surface area contributed by atoms with Crippen molar-refractivity contribution in [2.75, 3.05) is 11.9 Å². The first-order valence-electron chi connectivity index (χ1n) is 4.53. The fourth-order valence-electron chi connectivity index (χ4n) is 1.18. The third-order valence-corrected chi connectivity index (χ3v) is 2.23. The first-order valence-corrected chi connectivity index (χ1v) is 5.33. The largest absolute Gasteiger partial charge is 0.482 e. The van der Waals surface area contributed by atoms with E-state index in [0.29, 0.717) is 11.0 Å². The van der Waals surface area contributed by atoms with Gasteiger partial charge in [-0.15, -0.1) is 0 Å². The number of nitrogens with zero attached hydrogens (tertiary/aromatic N) is 1. The number of rotatable bonds is 4. The van der Waals surface area contributed by atoms with Crippen molar-refractivity contribution >= 4 is 21.6 Å². The van der Waals surface area contributed by atoms with Gasteiger partial charge in [-0.2, -0.15) is 13.2 Å². The van der Waals surface area contributed by atoms with E-state index in [9.17, 15) is 13.2 Å². The number of halogens is 4. The van der Waals surface area contributed by atoms with Gasteiger partial charge in [0.1, 0.15) is 4.60 Å². The van der Waals surface area contributed by atoms with Crippen molar-refractivity contribution in [3.63, 3.8) is 0 Å². The minimum atomic E-state index is -4.48. The van der Waals surface area contributed by atoms with E-state index in [0.717, 1.165) is 0 Å². The Labute approximate surface area is 98.8 Å². The second kappa shape index (κ2) is 5.49. The third kappa shape index (κ3) is 4.36. The molecule has 16 heavy (non-hydrogen) atoms. The number of aliphatic hydroxyl groups is 1. The maximum atomic E-state index is 12.1. The van der Waals surface area contributed by atoms with Crippen LogP contribution in [0.25, 0.3) is 0 Å². The number of hydrogen-bond donors (Lipinski definition) is 2. The predicted molar refractivity (Wildman–Crippen MR) is 57.0 cm³/mol. The molecule has 90 valence electrons. The first-order chi connectivity index (χ1) is 7.42. The topological polar surface area (TPSA) is 45.2 Å². The molecule has 1 aromatic rings. The molecule has 0 aromatic carbocycles. The Balaban J connectivity index is 2.89. The van der Waals surface area contributed by atoms with Crippen LogP contribution in [0.5, 0.6) is 0 Å². The lowest BCUT2D eigenvalue weighted by atomic mass is 10.2. The quantitative estimate of drug-likeness (QED) is 0.664. The van der Waals surface area contributed by atoms with Crippen LogP contribution in [-0.2, 0) is 6.42 Å². The van der Waals surface area contributed by atoms with Gasteiger partial charge in [-0.3, -0.25) is 5.32 Å². The summed E-state index contributed by atoms with van der Waals surface area (Å²) in [5.41, 5.74) is 0.199.